The van der Waals surface area contributed by atoms with Crippen molar-refractivity contribution in [3.63, 3.8) is 0 Å². The highest BCUT2D eigenvalue weighted by Gasteiger charge is 2.14. The molecule has 3 N–H and O–H groups in total. The van der Waals surface area contributed by atoms with Gasteiger partial charge in [0.05, 0.1) is 11.3 Å². The summed E-state index contributed by atoms with van der Waals surface area (Å²) in [6.07, 6.45) is 1.49. The third-order valence-corrected chi connectivity index (χ3v) is 3.00. The van der Waals surface area contributed by atoms with Crippen LogP contribution in [0.25, 0.3) is 0 Å². The normalized spacial score (nSPS) is 11.8. The molecule has 1 aromatic carbocycles. The second-order valence-corrected chi connectivity index (χ2v) is 4.70. The molecule has 5 nitrogen and oxygen atoms in total. The Kier molecular flexibility index (Phi) is 6.73. The number of aliphatic hydroxyl groups excluding tert-OH is 1. The van der Waals surface area contributed by atoms with Gasteiger partial charge < -0.3 is 15.7 Å². The second kappa shape index (κ2) is 8.32. The standard InChI is InChI=1S/C15H22N2O3/c1-3-11(2)16-15(20)12-7-4-5-8-13(12)17-14(19)9-6-10-18/h4-5,7-8,11,18H,3,6,9-10H2,1-2H3,(H,16,20)(H,17,19). The van der Waals surface area contributed by atoms with Crippen molar-refractivity contribution in [2.24, 2.45) is 0 Å². The molecule has 0 heterocycles. The number of benzene rings is 1. The molecule has 0 aliphatic carbocycles. The lowest BCUT2D eigenvalue weighted by Gasteiger charge is -2.14. The van der Waals surface area contributed by atoms with E-state index in [0.717, 1.165) is 6.42 Å². The number of hydrogen-bond donors (Lipinski definition) is 3. The average Bonchev–Trinajstić information content (AvgIpc) is 2.45. The molecule has 5 heteroatoms. The van der Waals surface area contributed by atoms with E-state index in [1.165, 1.54) is 0 Å². The summed E-state index contributed by atoms with van der Waals surface area (Å²) in [4.78, 5) is 23.8. The Morgan fingerprint density at radius 1 is 1.30 bits per heavy atom. The minimum Gasteiger partial charge on any atom is -0.396 e. The molecule has 0 spiro atoms. The summed E-state index contributed by atoms with van der Waals surface area (Å²) in [5.74, 6) is -0.403. The molecule has 0 saturated heterocycles. The monoisotopic (exact) mass is 278 g/mol. The number of nitrogens with one attached hydrogen (secondary N) is 2. The highest BCUT2D eigenvalue weighted by molar-refractivity contribution is 6.03. The van der Waals surface area contributed by atoms with Crippen LogP contribution >= 0.6 is 0 Å². The Labute approximate surface area is 119 Å². The molecule has 1 rings (SSSR count). The Hall–Kier alpha value is -1.88. The van der Waals surface area contributed by atoms with Crippen molar-refractivity contribution >= 4 is 17.5 Å². The van der Waals surface area contributed by atoms with Gasteiger partial charge in [-0.2, -0.15) is 0 Å². The average molecular weight is 278 g/mol. The maximum atomic E-state index is 12.1. The van der Waals surface area contributed by atoms with Crippen LogP contribution in [0.1, 0.15) is 43.5 Å². The van der Waals surface area contributed by atoms with Crippen LogP contribution in [0.15, 0.2) is 24.3 Å². The van der Waals surface area contributed by atoms with E-state index in [1.807, 2.05) is 13.8 Å². The molecule has 1 aromatic rings. The van der Waals surface area contributed by atoms with Crippen LogP contribution in [0.2, 0.25) is 0 Å². The van der Waals surface area contributed by atoms with E-state index >= 15 is 0 Å². The topological polar surface area (TPSA) is 78.4 Å². The van der Waals surface area contributed by atoms with E-state index < -0.39 is 0 Å². The van der Waals surface area contributed by atoms with Crippen LogP contribution in [0.3, 0.4) is 0 Å². The number of carbonyl (C=O) groups excluding carboxylic acids is 2. The lowest BCUT2D eigenvalue weighted by atomic mass is 10.1. The zero-order valence-electron chi connectivity index (χ0n) is 12.0. The smallest absolute Gasteiger partial charge is 0.253 e. The number of aliphatic hydroxyl groups is 1. The van der Waals surface area contributed by atoms with Gasteiger partial charge in [-0.15, -0.1) is 0 Å². The lowest BCUT2D eigenvalue weighted by molar-refractivity contribution is -0.116. The highest BCUT2D eigenvalue weighted by atomic mass is 16.3. The molecule has 1 atom stereocenters. The van der Waals surface area contributed by atoms with Crippen molar-refractivity contribution < 1.29 is 14.7 Å². The molecule has 0 aliphatic heterocycles. The summed E-state index contributed by atoms with van der Waals surface area (Å²) in [5, 5.41) is 14.3. The first-order valence-electron chi connectivity index (χ1n) is 6.89. The van der Waals surface area contributed by atoms with Crippen LogP contribution in [-0.4, -0.2) is 29.6 Å². The molecule has 2 amide bonds. The predicted molar refractivity (Wildman–Crippen MR) is 78.6 cm³/mol. The van der Waals surface area contributed by atoms with Gasteiger partial charge in [-0.3, -0.25) is 9.59 Å². The molecule has 0 radical (unpaired) electrons. The van der Waals surface area contributed by atoms with E-state index in [2.05, 4.69) is 10.6 Å². The van der Waals surface area contributed by atoms with Crippen LogP contribution < -0.4 is 10.6 Å². The van der Waals surface area contributed by atoms with Gasteiger partial charge in [-0.25, -0.2) is 0 Å². The Morgan fingerprint density at radius 3 is 2.65 bits per heavy atom. The van der Waals surface area contributed by atoms with Gasteiger partial charge in [0.15, 0.2) is 0 Å². The summed E-state index contributed by atoms with van der Waals surface area (Å²) in [6.45, 7) is 3.90. The van der Waals surface area contributed by atoms with E-state index in [-0.39, 0.29) is 30.9 Å². The third kappa shape index (κ3) is 5.01. The van der Waals surface area contributed by atoms with Crippen LogP contribution in [0, 0.1) is 0 Å². The molecule has 0 aromatic heterocycles. The van der Waals surface area contributed by atoms with Gasteiger partial charge in [0.1, 0.15) is 0 Å². The van der Waals surface area contributed by atoms with Gasteiger partial charge in [0, 0.05) is 19.1 Å². The zero-order valence-corrected chi connectivity index (χ0v) is 12.0. The maximum Gasteiger partial charge on any atom is 0.253 e. The number of anilines is 1. The lowest BCUT2D eigenvalue weighted by Crippen LogP contribution is -2.32. The minimum absolute atomic E-state index is 0.0242. The van der Waals surface area contributed by atoms with Crippen molar-refractivity contribution in [3.8, 4) is 0 Å². The molecule has 110 valence electrons. The Bertz CT molecular complexity index is 460. The number of hydrogen-bond acceptors (Lipinski definition) is 3. The van der Waals surface area contributed by atoms with Crippen LogP contribution in [0.4, 0.5) is 5.69 Å². The fraction of sp³-hybridized carbons (Fsp3) is 0.467. The van der Waals surface area contributed by atoms with Crippen LogP contribution in [-0.2, 0) is 4.79 Å². The summed E-state index contributed by atoms with van der Waals surface area (Å²) >= 11 is 0. The molecule has 0 bridgehead atoms. The summed E-state index contributed by atoms with van der Waals surface area (Å²) in [7, 11) is 0. The molecule has 0 saturated carbocycles. The van der Waals surface area contributed by atoms with Crippen molar-refractivity contribution in [1.82, 2.24) is 5.32 Å². The van der Waals surface area contributed by atoms with Gasteiger partial charge in [0.2, 0.25) is 5.91 Å². The fourth-order valence-electron chi connectivity index (χ4n) is 1.65. The molecule has 0 aliphatic rings. The first kappa shape index (κ1) is 16.2. The van der Waals surface area contributed by atoms with E-state index in [9.17, 15) is 9.59 Å². The Morgan fingerprint density at radius 2 is 2.00 bits per heavy atom. The molecular weight excluding hydrogens is 256 g/mol. The SMILES string of the molecule is CCC(C)NC(=O)c1ccccc1NC(=O)CCCO. The van der Waals surface area contributed by atoms with Gasteiger partial charge in [-0.1, -0.05) is 19.1 Å². The summed E-state index contributed by atoms with van der Waals surface area (Å²) in [6, 6.07) is 6.99. The number of carbonyl (C=O) groups is 2. The first-order chi connectivity index (χ1) is 9.58. The summed E-state index contributed by atoms with van der Waals surface area (Å²) < 4.78 is 0. The zero-order chi connectivity index (χ0) is 15.0. The number of amides is 2. The van der Waals surface area contributed by atoms with Crippen molar-refractivity contribution in [2.75, 3.05) is 11.9 Å². The number of para-hydroxylation sites is 1. The highest BCUT2D eigenvalue weighted by Crippen LogP contribution is 2.15. The summed E-state index contributed by atoms with van der Waals surface area (Å²) in [5.41, 5.74) is 0.946. The van der Waals surface area contributed by atoms with Crippen LogP contribution in [0.5, 0.6) is 0 Å². The second-order valence-electron chi connectivity index (χ2n) is 4.70. The quantitative estimate of drug-likeness (QED) is 0.713. The molecule has 20 heavy (non-hydrogen) atoms. The predicted octanol–water partition coefficient (Wildman–Crippen LogP) is 1.93. The number of rotatable bonds is 7. The van der Waals surface area contributed by atoms with E-state index in [4.69, 9.17) is 5.11 Å². The maximum absolute atomic E-state index is 12.1. The van der Waals surface area contributed by atoms with Gasteiger partial charge >= 0.3 is 0 Å². The third-order valence-electron chi connectivity index (χ3n) is 3.00. The molecule has 1 unspecified atom stereocenters. The molecule has 0 fully saturated rings. The van der Waals surface area contributed by atoms with E-state index in [0.29, 0.717) is 17.7 Å². The van der Waals surface area contributed by atoms with Crippen molar-refractivity contribution in [1.29, 1.82) is 0 Å². The Balaban J connectivity index is 2.77. The fourth-order valence-corrected chi connectivity index (χ4v) is 1.65. The van der Waals surface area contributed by atoms with Crippen molar-refractivity contribution in [3.05, 3.63) is 29.8 Å². The first-order valence-corrected chi connectivity index (χ1v) is 6.89. The van der Waals surface area contributed by atoms with Gasteiger partial charge in [0.25, 0.3) is 5.91 Å². The van der Waals surface area contributed by atoms with Crippen molar-refractivity contribution in [2.45, 2.75) is 39.2 Å². The van der Waals surface area contributed by atoms with Gasteiger partial charge in [-0.05, 0) is 31.9 Å². The van der Waals surface area contributed by atoms with E-state index in [1.54, 1.807) is 24.3 Å². The minimum atomic E-state index is -0.206. The molecular formula is C15H22N2O3. The largest absolute Gasteiger partial charge is 0.396 e.